The van der Waals surface area contributed by atoms with Crippen molar-refractivity contribution in [3.05, 3.63) is 44.3 Å². The molecule has 2 aromatic heterocycles. The van der Waals surface area contributed by atoms with E-state index in [1.165, 1.54) is 22.7 Å². The summed E-state index contributed by atoms with van der Waals surface area (Å²) in [5.74, 6) is 0. The van der Waals surface area contributed by atoms with E-state index in [0.29, 0.717) is 11.2 Å². The lowest BCUT2D eigenvalue weighted by atomic mass is 10.2. The van der Waals surface area contributed by atoms with Crippen LogP contribution in [-0.2, 0) is 0 Å². The van der Waals surface area contributed by atoms with Crippen molar-refractivity contribution in [3.8, 4) is 0 Å². The van der Waals surface area contributed by atoms with Crippen LogP contribution in [0.4, 0.5) is 11.4 Å². The molecule has 0 amide bonds. The van der Waals surface area contributed by atoms with Crippen LogP contribution < -0.4 is 5.32 Å². The molecule has 0 fully saturated rings. The molecular formula is C12H10N4O2S2. The first kappa shape index (κ1) is 12.9. The zero-order valence-electron chi connectivity index (χ0n) is 10.4. The predicted molar refractivity (Wildman–Crippen MR) is 80.4 cm³/mol. The maximum absolute atomic E-state index is 11.3. The number of fused-ring (bicyclic) bond motifs is 1. The molecule has 0 bridgehead atoms. The fraction of sp³-hybridized carbons (Fsp3) is 0.167. The number of nitrogens with one attached hydrogen (secondary N) is 1. The number of rotatable bonds is 4. The summed E-state index contributed by atoms with van der Waals surface area (Å²) in [5, 5.41) is 17.2. The van der Waals surface area contributed by atoms with E-state index >= 15 is 0 Å². The van der Waals surface area contributed by atoms with E-state index in [0.717, 1.165) is 9.71 Å². The molecule has 0 aliphatic heterocycles. The molecule has 1 N–H and O–H groups in total. The Morgan fingerprint density at radius 2 is 2.20 bits per heavy atom. The lowest BCUT2D eigenvalue weighted by molar-refractivity contribution is -0.382. The van der Waals surface area contributed by atoms with Gasteiger partial charge >= 0.3 is 5.69 Å². The van der Waals surface area contributed by atoms with Gasteiger partial charge in [-0.25, -0.2) is 9.97 Å². The van der Waals surface area contributed by atoms with Gasteiger partial charge in [0.2, 0.25) is 0 Å². The Labute approximate surface area is 122 Å². The molecule has 20 heavy (non-hydrogen) atoms. The number of benzene rings is 1. The number of nitrogens with zero attached hydrogens (tertiary/aromatic N) is 3. The minimum atomic E-state index is -0.390. The van der Waals surface area contributed by atoms with Gasteiger partial charge in [-0.3, -0.25) is 10.1 Å². The minimum Gasteiger partial charge on any atom is -0.370 e. The van der Waals surface area contributed by atoms with Gasteiger partial charge in [-0.1, -0.05) is 0 Å². The first-order chi connectivity index (χ1) is 9.66. The van der Waals surface area contributed by atoms with Gasteiger partial charge in [0, 0.05) is 11.6 Å². The molecule has 1 atom stereocenters. The summed E-state index contributed by atoms with van der Waals surface area (Å²) < 4.78 is 0.809. The SMILES string of the molecule is CC(Nc1ccc2scnc2c1[N+](=O)[O-])c1nccs1. The van der Waals surface area contributed by atoms with Crippen LogP contribution in [0, 0.1) is 10.1 Å². The Kier molecular flexibility index (Phi) is 3.33. The highest BCUT2D eigenvalue weighted by atomic mass is 32.1. The smallest absolute Gasteiger partial charge is 0.319 e. The van der Waals surface area contributed by atoms with Crippen LogP contribution in [0.25, 0.3) is 10.2 Å². The van der Waals surface area contributed by atoms with Crippen molar-refractivity contribution in [2.75, 3.05) is 5.32 Å². The molecule has 102 valence electrons. The van der Waals surface area contributed by atoms with E-state index in [9.17, 15) is 10.1 Å². The molecule has 0 aliphatic carbocycles. The number of nitro groups is 1. The zero-order chi connectivity index (χ0) is 14.1. The molecule has 3 aromatic rings. The molecule has 8 heteroatoms. The second kappa shape index (κ2) is 5.14. The van der Waals surface area contributed by atoms with Crippen LogP contribution in [0.2, 0.25) is 0 Å². The fourth-order valence-corrected chi connectivity index (χ4v) is 3.29. The summed E-state index contributed by atoms with van der Waals surface area (Å²) in [6.07, 6.45) is 1.72. The van der Waals surface area contributed by atoms with Crippen LogP contribution >= 0.6 is 22.7 Å². The van der Waals surface area contributed by atoms with Crippen LogP contribution in [0.1, 0.15) is 18.0 Å². The van der Waals surface area contributed by atoms with Crippen LogP contribution in [0.5, 0.6) is 0 Å². The van der Waals surface area contributed by atoms with Crippen molar-refractivity contribution in [1.82, 2.24) is 9.97 Å². The molecule has 1 aromatic carbocycles. The molecule has 3 rings (SSSR count). The lowest BCUT2D eigenvalue weighted by Crippen LogP contribution is -2.08. The summed E-state index contributed by atoms with van der Waals surface area (Å²) >= 11 is 2.90. The Morgan fingerprint density at radius 1 is 1.35 bits per heavy atom. The normalized spacial score (nSPS) is 12.4. The molecule has 0 saturated carbocycles. The highest BCUT2D eigenvalue weighted by molar-refractivity contribution is 7.16. The second-order valence-electron chi connectivity index (χ2n) is 4.15. The first-order valence-electron chi connectivity index (χ1n) is 5.83. The zero-order valence-corrected chi connectivity index (χ0v) is 12.1. The molecule has 0 aliphatic rings. The Balaban J connectivity index is 2.02. The maximum Gasteiger partial charge on any atom is 0.319 e. The summed E-state index contributed by atoms with van der Waals surface area (Å²) in [7, 11) is 0. The topological polar surface area (TPSA) is 81.0 Å². The van der Waals surface area contributed by atoms with E-state index in [1.54, 1.807) is 17.8 Å². The Bertz CT molecular complexity index is 754. The fourth-order valence-electron chi connectivity index (χ4n) is 1.96. The van der Waals surface area contributed by atoms with E-state index < -0.39 is 0 Å². The molecule has 1 unspecified atom stereocenters. The molecule has 2 heterocycles. The van der Waals surface area contributed by atoms with Crippen molar-refractivity contribution in [3.63, 3.8) is 0 Å². The van der Waals surface area contributed by atoms with E-state index in [-0.39, 0.29) is 16.7 Å². The summed E-state index contributed by atoms with van der Waals surface area (Å²) in [5.41, 5.74) is 2.53. The Morgan fingerprint density at radius 3 is 2.90 bits per heavy atom. The van der Waals surface area contributed by atoms with E-state index in [4.69, 9.17) is 0 Å². The number of hydrogen-bond donors (Lipinski definition) is 1. The number of hydrogen-bond acceptors (Lipinski definition) is 7. The van der Waals surface area contributed by atoms with E-state index in [1.807, 2.05) is 18.4 Å². The molecule has 0 spiro atoms. The van der Waals surface area contributed by atoms with Crippen molar-refractivity contribution in [2.45, 2.75) is 13.0 Å². The Hall–Kier alpha value is -2.06. The van der Waals surface area contributed by atoms with Gasteiger partial charge < -0.3 is 5.32 Å². The van der Waals surface area contributed by atoms with Crippen LogP contribution in [0.3, 0.4) is 0 Å². The van der Waals surface area contributed by atoms with Gasteiger partial charge in [0.05, 0.1) is 21.2 Å². The number of aromatic nitrogens is 2. The minimum absolute atomic E-state index is 0.0205. The van der Waals surface area contributed by atoms with Gasteiger partial charge in [-0.15, -0.1) is 22.7 Å². The van der Waals surface area contributed by atoms with Gasteiger partial charge in [0.25, 0.3) is 0 Å². The number of anilines is 1. The molecule has 0 radical (unpaired) electrons. The average molecular weight is 306 g/mol. The summed E-state index contributed by atoms with van der Waals surface area (Å²) in [6, 6.07) is 3.48. The summed E-state index contributed by atoms with van der Waals surface area (Å²) in [4.78, 5) is 19.2. The van der Waals surface area contributed by atoms with Gasteiger partial charge in [-0.2, -0.15) is 0 Å². The van der Waals surface area contributed by atoms with Crippen molar-refractivity contribution in [2.24, 2.45) is 0 Å². The van der Waals surface area contributed by atoms with Crippen molar-refractivity contribution in [1.29, 1.82) is 0 Å². The maximum atomic E-state index is 11.3. The number of thiazole rings is 2. The lowest BCUT2D eigenvalue weighted by Gasteiger charge is -2.12. The average Bonchev–Trinajstić information content (AvgIpc) is 3.08. The quantitative estimate of drug-likeness (QED) is 0.585. The van der Waals surface area contributed by atoms with Gasteiger partial charge in [0.1, 0.15) is 10.7 Å². The van der Waals surface area contributed by atoms with E-state index in [2.05, 4.69) is 15.3 Å². The van der Waals surface area contributed by atoms with Crippen LogP contribution in [0.15, 0.2) is 29.2 Å². The third kappa shape index (κ3) is 2.23. The highest BCUT2D eigenvalue weighted by Gasteiger charge is 2.22. The summed E-state index contributed by atoms with van der Waals surface area (Å²) in [6.45, 7) is 1.92. The van der Waals surface area contributed by atoms with Crippen molar-refractivity contribution < 1.29 is 4.92 Å². The molecular weight excluding hydrogens is 296 g/mol. The first-order valence-corrected chi connectivity index (χ1v) is 7.59. The molecule has 6 nitrogen and oxygen atoms in total. The molecule has 0 saturated heterocycles. The largest absolute Gasteiger partial charge is 0.370 e. The monoisotopic (exact) mass is 306 g/mol. The van der Waals surface area contributed by atoms with Crippen LogP contribution in [-0.4, -0.2) is 14.9 Å². The third-order valence-corrected chi connectivity index (χ3v) is 4.60. The second-order valence-corrected chi connectivity index (χ2v) is 5.97. The third-order valence-electron chi connectivity index (χ3n) is 2.85. The van der Waals surface area contributed by atoms with Crippen molar-refractivity contribution >= 4 is 44.3 Å². The van der Waals surface area contributed by atoms with Gasteiger partial charge in [0.15, 0.2) is 5.52 Å². The van der Waals surface area contributed by atoms with Gasteiger partial charge in [-0.05, 0) is 19.1 Å². The highest BCUT2D eigenvalue weighted by Crippen LogP contribution is 2.36. The number of nitro benzene ring substituents is 1. The predicted octanol–water partition coefficient (Wildman–Crippen LogP) is 3.83. The standard InChI is InChI=1S/C12H10N4O2S2/c1-7(12-13-4-5-19-12)15-8-2-3-9-10(14-6-20-9)11(8)16(17)18/h2-7,15H,1H3.